The van der Waals surface area contributed by atoms with Crippen molar-refractivity contribution in [1.82, 2.24) is 4.90 Å². The first-order valence-corrected chi connectivity index (χ1v) is 7.73. The Morgan fingerprint density at radius 3 is 2.84 bits per heavy atom. The lowest BCUT2D eigenvalue weighted by molar-refractivity contribution is 0.0201. The van der Waals surface area contributed by atoms with E-state index in [2.05, 4.69) is 17.9 Å². The van der Waals surface area contributed by atoms with E-state index in [0.717, 1.165) is 30.8 Å². The summed E-state index contributed by atoms with van der Waals surface area (Å²) < 4.78 is 5.57. The second kappa shape index (κ2) is 5.29. The van der Waals surface area contributed by atoms with E-state index in [-0.39, 0.29) is 5.54 Å². The Hall–Kier alpha value is -0.800. The molecule has 3 heteroatoms. The maximum absolute atomic E-state index is 6.22. The van der Waals surface area contributed by atoms with Crippen LogP contribution in [0.2, 0.25) is 0 Å². The molecule has 3 nitrogen and oxygen atoms in total. The topological polar surface area (TPSA) is 42.4 Å². The molecule has 0 bridgehead atoms. The average Bonchev–Trinajstić information content (AvgIpc) is 3.12. The van der Waals surface area contributed by atoms with Gasteiger partial charge in [0.05, 0.1) is 12.8 Å². The first kappa shape index (κ1) is 13.2. The molecule has 0 spiro atoms. The highest BCUT2D eigenvalue weighted by molar-refractivity contribution is 5.06. The van der Waals surface area contributed by atoms with Gasteiger partial charge in [-0.3, -0.25) is 4.90 Å². The number of furan rings is 1. The van der Waals surface area contributed by atoms with E-state index in [1.807, 2.05) is 6.07 Å². The van der Waals surface area contributed by atoms with Gasteiger partial charge in [-0.25, -0.2) is 0 Å². The van der Waals surface area contributed by atoms with Crippen molar-refractivity contribution in [1.29, 1.82) is 0 Å². The standard InChI is InChI=1S/C16H26N2O/c1-13-4-2-8-16(10-13,12-17)18(14-6-7-14)11-15-5-3-9-19-15/h3,5,9,13-14H,2,4,6-8,10-12,17H2,1H3. The monoisotopic (exact) mass is 262 g/mol. The van der Waals surface area contributed by atoms with Crippen molar-refractivity contribution in [2.75, 3.05) is 6.54 Å². The van der Waals surface area contributed by atoms with Crippen LogP contribution in [-0.2, 0) is 6.54 Å². The Balaban J connectivity index is 1.80. The molecule has 2 aliphatic rings. The largest absolute Gasteiger partial charge is 0.468 e. The molecule has 2 atom stereocenters. The Morgan fingerprint density at radius 2 is 2.26 bits per heavy atom. The van der Waals surface area contributed by atoms with Crippen LogP contribution in [0.5, 0.6) is 0 Å². The summed E-state index contributed by atoms with van der Waals surface area (Å²) in [5.41, 5.74) is 6.44. The van der Waals surface area contributed by atoms with Crippen LogP contribution in [0.3, 0.4) is 0 Å². The van der Waals surface area contributed by atoms with Gasteiger partial charge in [0.2, 0.25) is 0 Å². The molecule has 0 radical (unpaired) electrons. The van der Waals surface area contributed by atoms with Crippen molar-refractivity contribution >= 4 is 0 Å². The summed E-state index contributed by atoms with van der Waals surface area (Å²) in [5, 5.41) is 0. The second-order valence-electron chi connectivity index (χ2n) is 6.57. The molecule has 2 saturated carbocycles. The van der Waals surface area contributed by atoms with E-state index in [4.69, 9.17) is 10.2 Å². The molecule has 1 aromatic rings. The van der Waals surface area contributed by atoms with Gasteiger partial charge in [-0.15, -0.1) is 0 Å². The van der Waals surface area contributed by atoms with Gasteiger partial charge in [0.15, 0.2) is 0 Å². The van der Waals surface area contributed by atoms with Crippen LogP contribution in [0.25, 0.3) is 0 Å². The van der Waals surface area contributed by atoms with E-state index in [1.54, 1.807) is 6.26 Å². The fraction of sp³-hybridized carbons (Fsp3) is 0.750. The lowest BCUT2D eigenvalue weighted by Gasteiger charge is -2.48. The highest BCUT2D eigenvalue weighted by atomic mass is 16.3. The summed E-state index contributed by atoms with van der Waals surface area (Å²) in [6.45, 7) is 4.09. The van der Waals surface area contributed by atoms with Crippen molar-refractivity contribution in [3.63, 3.8) is 0 Å². The zero-order valence-corrected chi connectivity index (χ0v) is 12.0. The molecule has 106 valence electrons. The Labute approximate surface area is 116 Å². The first-order valence-electron chi connectivity index (χ1n) is 7.73. The van der Waals surface area contributed by atoms with Gasteiger partial charge >= 0.3 is 0 Å². The molecule has 2 N–H and O–H groups in total. The zero-order valence-electron chi connectivity index (χ0n) is 12.0. The Bertz CT molecular complexity index is 399. The third kappa shape index (κ3) is 2.72. The van der Waals surface area contributed by atoms with E-state index in [9.17, 15) is 0 Å². The van der Waals surface area contributed by atoms with Crippen molar-refractivity contribution in [2.45, 2.75) is 63.6 Å². The van der Waals surface area contributed by atoms with Crippen LogP contribution >= 0.6 is 0 Å². The molecule has 0 aromatic carbocycles. The van der Waals surface area contributed by atoms with Crippen LogP contribution in [0, 0.1) is 5.92 Å². The van der Waals surface area contributed by atoms with Crippen LogP contribution in [0.1, 0.15) is 51.2 Å². The molecule has 0 amide bonds. The van der Waals surface area contributed by atoms with E-state index in [1.165, 1.54) is 38.5 Å². The molecule has 0 saturated heterocycles. The third-order valence-corrected chi connectivity index (χ3v) is 4.95. The molecular formula is C16H26N2O. The minimum absolute atomic E-state index is 0.214. The molecule has 19 heavy (non-hydrogen) atoms. The Kier molecular flexibility index (Phi) is 3.68. The summed E-state index contributed by atoms with van der Waals surface area (Å²) in [6.07, 6.45) is 9.62. The van der Waals surface area contributed by atoms with Gasteiger partial charge in [-0.05, 0) is 43.7 Å². The number of rotatable bonds is 5. The predicted octanol–water partition coefficient (Wildman–Crippen LogP) is 3.15. The number of hydrogen-bond acceptors (Lipinski definition) is 3. The lowest BCUT2D eigenvalue weighted by Crippen LogP contribution is -2.56. The third-order valence-electron chi connectivity index (χ3n) is 4.95. The minimum Gasteiger partial charge on any atom is -0.468 e. The molecule has 3 rings (SSSR count). The summed E-state index contributed by atoms with van der Waals surface area (Å²) in [5.74, 6) is 1.88. The molecule has 2 aliphatic carbocycles. The summed E-state index contributed by atoms with van der Waals surface area (Å²) >= 11 is 0. The number of hydrogen-bond donors (Lipinski definition) is 1. The van der Waals surface area contributed by atoms with Crippen molar-refractivity contribution in [2.24, 2.45) is 11.7 Å². The number of nitrogens with zero attached hydrogens (tertiary/aromatic N) is 1. The maximum atomic E-state index is 6.22. The zero-order chi connectivity index (χ0) is 13.3. The number of nitrogens with two attached hydrogens (primary N) is 1. The normalized spacial score (nSPS) is 31.8. The smallest absolute Gasteiger partial charge is 0.117 e. The SMILES string of the molecule is CC1CCCC(CN)(N(Cc2ccco2)C2CC2)C1. The Morgan fingerprint density at radius 1 is 1.42 bits per heavy atom. The highest BCUT2D eigenvalue weighted by Gasteiger charge is 2.45. The molecular weight excluding hydrogens is 236 g/mol. The van der Waals surface area contributed by atoms with E-state index >= 15 is 0 Å². The van der Waals surface area contributed by atoms with E-state index < -0.39 is 0 Å². The summed E-state index contributed by atoms with van der Waals surface area (Å²) in [7, 11) is 0. The van der Waals surface area contributed by atoms with Gasteiger partial charge in [0.1, 0.15) is 5.76 Å². The second-order valence-corrected chi connectivity index (χ2v) is 6.57. The van der Waals surface area contributed by atoms with Gasteiger partial charge < -0.3 is 10.2 Å². The van der Waals surface area contributed by atoms with Crippen LogP contribution in [-0.4, -0.2) is 23.0 Å². The quantitative estimate of drug-likeness (QED) is 0.886. The molecule has 1 heterocycles. The lowest BCUT2D eigenvalue weighted by atomic mass is 9.75. The van der Waals surface area contributed by atoms with Gasteiger partial charge in [0.25, 0.3) is 0 Å². The van der Waals surface area contributed by atoms with Crippen molar-refractivity contribution < 1.29 is 4.42 Å². The van der Waals surface area contributed by atoms with Gasteiger partial charge in [-0.2, -0.15) is 0 Å². The predicted molar refractivity (Wildman–Crippen MR) is 76.7 cm³/mol. The van der Waals surface area contributed by atoms with Crippen LogP contribution in [0.4, 0.5) is 0 Å². The van der Waals surface area contributed by atoms with Gasteiger partial charge in [-0.1, -0.05) is 19.8 Å². The first-order chi connectivity index (χ1) is 9.23. The van der Waals surface area contributed by atoms with Crippen molar-refractivity contribution in [3.8, 4) is 0 Å². The summed E-state index contributed by atoms with van der Waals surface area (Å²) in [6, 6.07) is 4.81. The molecule has 0 aliphatic heterocycles. The molecule has 1 aromatic heterocycles. The van der Waals surface area contributed by atoms with Crippen LogP contribution in [0.15, 0.2) is 22.8 Å². The molecule has 2 fully saturated rings. The van der Waals surface area contributed by atoms with Crippen LogP contribution < -0.4 is 5.73 Å². The fourth-order valence-electron chi connectivity index (χ4n) is 3.84. The fourth-order valence-corrected chi connectivity index (χ4v) is 3.84. The average molecular weight is 262 g/mol. The van der Waals surface area contributed by atoms with Gasteiger partial charge in [0, 0.05) is 18.1 Å². The highest BCUT2D eigenvalue weighted by Crippen LogP contribution is 2.43. The minimum atomic E-state index is 0.214. The molecule has 2 unspecified atom stereocenters. The van der Waals surface area contributed by atoms with Crippen molar-refractivity contribution in [3.05, 3.63) is 24.2 Å². The van der Waals surface area contributed by atoms with E-state index in [0.29, 0.717) is 0 Å². The summed E-state index contributed by atoms with van der Waals surface area (Å²) in [4.78, 5) is 2.67. The maximum Gasteiger partial charge on any atom is 0.117 e.